The largest absolute Gasteiger partial charge is 0.478 e. The number of benzene rings is 8. The Hall–Kier alpha value is -8.02. The molecule has 8 aromatic rings. The molecule has 0 aliphatic carbocycles. The van der Waals surface area contributed by atoms with E-state index in [4.69, 9.17) is 0 Å². The van der Waals surface area contributed by atoms with E-state index in [1.54, 1.807) is 97.1 Å². The van der Waals surface area contributed by atoms with Crippen molar-refractivity contribution in [3.8, 4) is 22.3 Å². The first-order valence-corrected chi connectivity index (χ1v) is 21.0. The predicted molar refractivity (Wildman–Crippen MR) is 257 cm³/mol. The molecule has 0 saturated carbocycles. The molecule has 0 aromatic heterocycles. The van der Waals surface area contributed by atoms with Crippen molar-refractivity contribution in [1.82, 2.24) is 0 Å². The summed E-state index contributed by atoms with van der Waals surface area (Å²) in [6.45, 7) is 3.87. The minimum atomic E-state index is -1.18. The fraction of sp³-hybridized carbons (Fsp3) is 0.0370. The van der Waals surface area contributed by atoms with Crippen molar-refractivity contribution in [3.05, 3.63) is 244 Å². The number of hydrogen-bond donors (Lipinski definition) is 4. The van der Waals surface area contributed by atoms with Gasteiger partial charge in [0.05, 0.1) is 11.3 Å². The lowest BCUT2D eigenvalue weighted by molar-refractivity contribution is 0.0697. The summed E-state index contributed by atoms with van der Waals surface area (Å²) in [6, 6.07) is 55.1. The average molecular weight is 931 g/mol. The minimum absolute atomic E-state index is 0.0654. The lowest BCUT2D eigenvalue weighted by atomic mass is 10.0. The fourth-order valence-electron chi connectivity index (χ4n) is 6.40. The first-order valence-electron chi connectivity index (χ1n) is 20.2. The molecular formula is C54H42BrF2N3O5. The summed E-state index contributed by atoms with van der Waals surface area (Å²) in [5.74, 6) is -2.59. The number of anilines is 3. The van der Waals surface area contributed by atoms with Crippen LogP contribution in [0.1, 0.15) is 52.6 Å². The second kappa shape index (κ2) is 22.4. The Bertz CT molecular complexity index is 2950. The molecule has 11 heteroatoms. The van der Waals surface area contributed by atoms with Crippen molar-refractivity contribution in [3.63, 3.8) is 0 Å². The van der Waals surface area contributed by atoms with Crippen molar-refractivity contribution < 1.29 is 33.1 Å². The van der Waals surface area contributed by atoms with Crippen LogP contribution >= 0.6 is 15.9 Å². The zero-order valence-electron chi connectivity index (χ0n) is 35.2. The van der Waals surface area contributed by atoms with E-state index in [-0.39, 0.29) is 28.9 Å². The molecule has 0 saturated heterocycles. The highest BCUT2D eigenvalue weighted by molar-refractivity contribution is 9.10. The number of aromatic carboxylic acids is 1. The summed E-state index contributed by atoms with van der Waals surface area (Å²) in [4.78, 5) is 48.0. The second-order valence-corrected chi connectivity index (χ2v) is 15.4. The van der Waals surface area contributed by atoms with Gasteiger partial charge in [-0.2, -0.15) is 0 Å². The van der Waals surface area contributed by atoms with E-state index < -0.39 is 17.7 Å². The van der Waals surface area contributed by atoms with Crippen LogP contribution < -0.4 is 16.0 Å². The molecule has 0 unspecified atom stereocenters. The van der Waals surface area contributed by atoms with Crippen LogP contribution in [0.25, 0.3) is 22.3 Å². The molecule has 0 atom stereocenters. The van der Waals surface area contributed by atoms with Gasteiger partial charge in [0.15, 0.2) is 0 Å². The zero-order chi connectivity index (χ0) is 46.3. The SMILES string of the molecule is Cc1ccc(-c2ccccc2F)cc1NC(=O)c1ccccc1.Cc1ccc(Br)cc1NC(=O)c1ccccc1.O=C(Nc1cc(-c2ccccc2F)ccc1C(=O)O)c1ccccc1. The standard InChI is InChI=1S/C20H14FNO3.C20H16FNO.C14H12BrNO/c21-17-9-5-4-8-15(17)14-10-11-16(20(24)25)18(12-14)22-19(23)13-6-2-1-3-7-13;1-14-11-12-16(17-9-5-6-10-18(17)21)13-19(14)22-20(23)15-7-3-2-4-8-15;1-10-7-8-12(15)9-13(10)16-14(17)11-5-3-2-4-6-11/h1-12H,(H,22,23)(H,24,25);2-13H,1H3,(H,22,23);2-9H,1H3,(H,16,17). The molecule has 0 bridgehead atoms. The number of halogens is 3. The van der Waals surface area contributed by atoms with Gasteiger partial charge in [-0.05, 0) is 115 Å². The summed E-state index contributed by atoms with van der Waals surface area (Å²) in [6.07, 6.45) is 0. The van der Waals surface area contributed by atoms with Crippen LogP contribution in [0.15, 0.2) is 199 Å². The minimum Gasteiger partial charge on any atom is -0.478 e. The third-order valence-electron chi connectivity index (χ3n) is 9.91. The molecule has 0 fully saturated rings. The molecule has 8 aromatic carbocycles. The van der Waals surface area contributed by atoms with E-state index in [9.17, 15) is 33.1 Å². The van der Waals surface area contributed by atoms with Crippen molar-refractivity contribution in [1.29, 1.82) is 0 Å². The molecule has 3 amide bonds. The Morgan fingerprint density at radius 1 is 0.431 bits per heavy atom. The van der Waals surface area contributed by atoms with Gasteiger partial charge in [0.2, 0.25) is 0 Å². The summed E-state index contributed by atoms with van der Waals surface area (Å²) in [5, 5.41) is 17.7. The van der Waals surface area contributed by atoms with Gasteiger partial charge in [0.1, 0.15) is 11.6 Å². The lowest BCUT2D eigenvalue weighted by Crippen LogP contribution is -2.14. The van der Waals surface area contributed by atoms with Crippen LogP contribution in [0, 0.1) is 25.5 Å². The highest BCUT2D eigenvalue weighted by Gasteiger charge is 2.16. The van der Waals surface area contributed by atoms with Gasteiger partial charge in [0, 0.05) is 43.7 Å². The molecule has 0 aliphatic rings. The zero-order valence-corrected chi connectivity index (χ0v) is 36.8. The molecule has 8 nitrogen and oxygen atoms in total. The smallest absolute Gasteiger partial charge is 0.337 e. The van der Waals surface area contributed by atoms with Crippen LogP contribution in [0.5, 0.6) is 0 Å². The van der Waals surface area contributed by atoms with E-state index in [0.29, 0.717) is 39.1 Å². The number of hydrogen-bond acceptors (Lipinski definition) is 4. The van der Waals surface area contributed by atoms with Gasteiger partial charge in [-0.3, -0.25) is 14.4 Å². The first-order chi connectivity index (χ1) is 31.4. The molecule has 65 heavy (non-hydrogen) atoms. The molecule has 0 spiro atoms. The number of carbonyl (C=O) groups is 4. The molecule has 324 valence electrons. The van der Waals surface area contributed by atoms with Gasteiger partial charge in [-0.1, -0.05) is 131 Å². The number of rotatable bonds is 9. The normalized spacial score (nSPS) is 10.2. The van der Waals surface area contributed by atoms with Crippen LogP contribution in [0.2, 0.25) is 0 Å². The van der Waals surface area contributed by atoms with E-state index in [0.717, 1.165) is 26.9 Å². The summed E-state index contributed by atoms with van der Waals surface area (Å²) >= 11 is 3.39. The Morgan fingerprint density at radius 3 is 1.22 bits per heavy atom. The van der Waals surface area contributed by atoms with Crippen molar-refractivity contribution in [2.45, 2.75) is 13.8 Å². The maximum atomic E-state index is 14.0. The van der Waals surface area contributed by atoms with Gasteiger partial charge in [-0.15, -0.1) is 0 Å². The monoisotopic (exact) mass is 929 g/mol. The predicted octanol–water partition coefficient (Wildman–Crippen LogP) is 13.5. The maximum Gasteiger partial charge on any atom is 0.337 e. The van der Waals surface area contributed by atoms with Gasteiger partial charge >= 0.3 is 5.97 Å². The van der Waals surface area contributed by atoms with Gasteiger partial charge < -0.3 is 21.1 Å². The van der Waals surface area contributed by atoms with Crippen LogP contribution in [-0.2, 0) is 0 Å². The molecule has 0 radical (unpaired) electrons. The van der Waals surface area contributed by atoms with Crippen molar-refractivity contribution >= 4 is 56.7 Å². The van der Waals surface area contributed by atoms with E-state index in [2.05, 4.69) is 31.9 Å². The molecule has 0 aliphatic heterocycles. The topological polar surface area (TPSA) is 125 Å². The van der Waals surface area contributed by atoms with E-state index in [1.165, 1.54) is 30.3 Å². The maximum absolute atomic E-state index is 14.0. The Morgan fingerprint density at radius 2 is 0.785 bits per heavy atom. The lowest BCUT2D eigenvalue weighted by Gasteiger charge is -2.11. The summed E-state index contributed by atoms with van der Waals surface area (Å²) < 4.78 is 28.9. The molecule has 0 heterocycles. The van der Waals surface area contributed by atoms with Gasteiger partial charge in [-0.25, -0.2) is 13.6 Å². The highest BCUT2D eigenvalue weighted by atomic mass is 79.9. The Balaban J connectivity index is 0.000000165. The number of carboxylic acids is 1. The highest BCUT2D eigenvalue weighted by Crippen LogP contribution is 2.30. The first kappa shape index (κ1) is 46.5. The molecular weight excluding hydrogens is 889 g/mol. The Labute approximate surface area is 383 Å². The number of nitrogens with one attached hydrogen (secondary N) is 3. The van der Waals surface area contributed by atoms with Crippen LogP contribution in [-0.4, -0.2) is 28.8 Å². The summed E-state index contributed by atoms with van der Waals surface area (Å²) in [7, 11) is 0. The third kappa shape index (κ3) is 12.8. The number of amides is 3. The Kier molecular flexibility index (Phi) is 16.0. The number of carboxylic acid groups (broad SMARTS) is 1. The van der Waals surface area contributed by atoms with Crippen LogP contribution in [0.3, 0.4) is 0 Å². The second-order valence-electron chi connectivity index (χ2n) is 14.5. The van der Waals surface area contributed by atoms with E-state index >= 15 is 0 Å². The number of aryl methyl sites for hydroxylation is 2. The average Bonchev–Trinajstić information content (AvgIpc) is 3.32. The third-order valence-corrected chi connectivity index (χ3v) is 10.4. The summed E-state index contributed by atoms with van der Waals surface area (Å²) in [5.41, 5.74) is 7.22. The van der Waals surface area contributed by atoms with Crippen molar-refractivity contribution in [2.24, 2.45) is 0 Å². The van der Waals surface area contributed by atoms with Crippen molar-refractivity contribution in [2.75, 3.05) is 16.0 Å². The molecule has 4 N–H and O–H groups in total. The van der Waals surface area contributed by atoms with E-state index in [1.807, 2.05) is 80.6 Å². The fourth-order valence-corrected chi connectivity index (χ4v) is 6.76. The quantitative estimate of drug-likeness (QED) is 0.115. The number of carbonyl (C=O) groups excluding carboxylic acids is 3. The van der Waals surface area contributed by atoms with Gasteiger partial charge in [0.25, 0.3) is 17.7 Å². The molecule has 8 rings (SSSR count). The van der Waals surface area contributed by atoms with Crippen LogP contribution in [0.4, 0.5) is 25.8 Å².